The van der Waals surface area contributed by atoms with E-state index in [9.17, 15) is 14.3 Å². The van der Waals surface area contributed by atoms with Crippen LogP contribution in [0.3, 0.4) is 0 Å². The van der Waals surface area contributed by atoms with Crippen molar-refractivity contribution < 1.29 is 28.5 Å². The van der Waals surface area contributed by atoms with Gasteiger partial charge in [0.1, 0.15) is 17.3 Å². The fraction of sp³-hybridized carbons (Fsp3) is 0.440. The summed E-state index contributed by atoms with van der Waals surface area (Å²) >= 11 is 0. The average molecular weight is 483 g/mol. The second kappa shape index (κ2) is 9.71. The van der Waals surface area contributed by atoms with Crippen molar-refractivity contribution in [2.24, 2.45) is 5.41 Å². The molecule has 3 heterocycles. The molecule has 3 aromatic rings. The number of imidazole rings is 1. The Morgan fingerprint density at radius 2 is 1.83 bits per heavy atom. The van der Waals surface area contributed by atoms with Crippen LogP contribution in [-0.2, 0) is 14.3 Å². The van der Waals surface area contributed by atoms with E-state index in [0.29, 0.717) is 28.5 Å². The zero-order chi connectivity index (χ0) is 24.4. The number of ether oxygens (including phenoxy) is 3. The zero-order valence-electron chi connectivity index (χ0n) is 19.4. The van der Waals surface area contributed by atoms with E-state index in [1.165, 1.54) is 18.6 Å². The van der Waals surface area contributed by atoms with Crippen LogP contribution in [0.5, 0.6) is 6.01 Å². The second-order valence-electron chi connectivity index (χ2n) is 9.27. The Kier molecular flexibility index (Phi) is 6.48. The van der Waals surface area contributed by atoms with E-state index < -0.39 is 17.7 Å². The molecule has 1 aliphatic heterocycles. The number of aliphatic carboxylic acids is 1. The Morgan fingerprint density at radius 1 is 1.11 bits per heavy atom. The maximum absolute atomic E-state index is 13.6. The second-order valence-corrected chi connectivity index (χ2v) is 9.27. The lowest BCUT2D eigenvalue weighted by Crippen LogP contribution is -2.42. The molecule has 0 bridgehead atoms. The van der Waals surface area contributed by atoms with E-state index in [-0.39, 0.29) is 31.1 Å². The minimum Gasteiger partial charge on any atom is -0.481 e. The number of halogens is 1. The maximum atomic E-state index is 13.6. The van der Waals surface area contributed by atoms with Gasteiger partial charge in [0.2, 0.25) is 6.29 Å². The largest absolute Gasteiger partial charge is 0.481 e. The normalized spacial score (nSPS) is 23.2. The van der Waals surface area contributed by atoms with Crippen molar-refractivity contribution in [1.82, 2.24) is 19.9 Å². The Balaban J connectivity index is 1.47. The predicted molar refractivity (Wildman–Crippen MR) is 123 cm³/mol. The summed E-state index contributed by atoms with van der Waals surface area (Å²) in [5.41, 5.74) is 1.19. The summed E-state index contributed by atoms with van der Waals surface area (Å²) in [6.07, 6.45) is 6.28. The first kappa shape index (κ1) is 23.4. The minimum atomic E-state index is -1.14. The molecule has 0 radical (unpaired) electrons. The van der Waals surface area contributed by atoms with Crippen molar-refractivity contribution in [3.05, 3.63) is 48.2 Å². The van der Waals surface area contributed by atoms with Crippen LogP contribution in [0.15, 0.2) is 36.5 Å². The number of H-pyrrole nitrogens is 1. The minimum absolute atomic E-state index is 0.0260. The number of carboxylic acids is 1. The van der Waals surface area contributed by atoms with Crippen LogP contribution in [0.25, 0.3) is 22.6 Å². The number of aromatic nitrogens is 4. The summed E-state index contributed by atoms with van der Waals surface area (Å²) in [5, 5.41) is 9.43. The molecule has 2 aliphatic rings. The summed E-state index contributed by atoms with van der Waals surface area (Å²) in [6, 6.07) is 8.00. The summed E-state index contributed by atoms with van der Waals surface area (Å²) in [6.45, 7) is 1.52. The SMILES string of the molecule is CC1(C(=O)O)COC(c2nc(-c3ccc(F)cc3)c(-c3ccnc(OC4CCCCC4)n3)[nH]2)OC1. The highest BCUT2D eigenvalue weighted by Gasteiger charge is 2.41. The molecule has 1 aliphatic carbocycles. The lowest BCUT2D eigenvalue weighted by atomic mass is 9.92. The molecule has 1 saturated heterocycles. The van der Waals surface area contributed by atoms with Gasteiger partial charge in [0.25, 0.3) is 0 Å². The smallest absolute Gasteiger partial charge is 0.317 e. The third kappa shape index (κ3) is 5.03. The van der Waals surface area contributed by atoms with Gasteiger partial charge in [-0.05, 0) is 62.9 Å². The number of benzene rings is 1. The van der Waals surface area contributed by atoms with Crippen molar-refractivity contribution in [3.8, 4) is 28.7 Å². The molecule has 1 saturated carbocycles. The van der Waals surface area contributed by atoms with E-state index >= 15 is 0 Å². The van der Waals surface area contributed by atoms with Crippen molar-refractivity contribution in [2.75, 3.05) is 13.2 Å². The van der Waals surface area contributed by atoms with Gasteiger partial charge in [0, 0.05) is 11.8 Å². The van der Waals surface area contributed by atoms with Gasteiger partial charge >= 0.3 is 12.0 Å². The fourth-order valence-electron chi connectivity index (χ4n) is 4.26. The Morgan fingerprint density at radius 3 is 2.51 bits per heavy atom. The summed E-state index contributed by atoms with van der Waals surface area (Å²) in [7, 11) is 0. The van der Waals surface area contributed by atoms with Gasteiger partial charge in [-0.3, -0.25) is 4.79 Å². The summed E-state index contributed by atoms with van der Waals surface area (Å²) in [4.78, 5) is 28.3. The zero-order valence-corrected chi connectivity index (χ0v) is 19.4. The average Bonchev–Trinajstić information content (AvgIpc) is 3.31. The van der Waals surface area contributed by atoms with Crippen molar-refractivity contribution in [3.63, 3.8) is 0 Å². The molecule has 10 heteroatoms. The van der Waals surface area contributed by atoms with Crippen molar-refractivity contribution in [1.29, 1.82) is 0 Å². The van der Waals surface area contributed by atoms with Crippen LogP contribution in [0.4, 0.5) is 4.39 Å². The first-order valence-corrected chi connectivity index (χ1v) is 11.7. The van der Waals surface area contributed by atoms with Gasteiger partial charge in [-0.2, -0.15) is 4.98 Å². The molecule has 2 aromatic heterocycles. The van der Waals surface area contributed by atoms with E-state index in [0.717, 1.165) is 25.7 Å². The molecule has 2 N–H and O–H groups in total. The van der Waals surface area contributed by atoms with Crippen LogP contribution in [0.1, 0.15) is 51.1 Å². The molecular weight excluding hydrogens is 455 g/mol. The molecule has 9 nitrogen and oxygen atoms in total. The van der Waals surface area contributed by atoms with Gasteiger partial charge in [-0.25, -0.2) is 14.4 Å². The first-order valence-electron chi connectivity index (χ1n) is 11.7. The third-order valence-corrected chi connectivity index (χ3v) is 6.40. The maximum Gasteiger partial charge on any atom is 0.317 e. The van der Waals surface area contributed by atoms with Crippen molar-refractivity contribution >= 4 is 5.97 Å². The molecule has 35 heavy (non-hydrogen) atoms. The topological polar surface area (TPSA) is 119 Å². The fourth-order valence-corrected chi connectivity index (χ4v) is 4.26. The number of aromatic amines is 1. The Bertz CT molecular complexity index is 1180. The summed E-state index contributed by atoms with van der Waals surface area (Å²) < 4.78 is 31.0. The number of hydrogen-bond acceptors (Lipinski definition) is 7. The lowest BCUT2D eigenvalue weighted by Gasteiger charge is -2.33. The molecule has 5 rings (SSSR count). The highest BCUT2D eigenvalue weighted by atomic mass is 19.1. The number of nitrogens with zero attached hydrogens (tertiary/aromatic N) is 3. The molecule has 0 spiro atoms. The standard InChI is InChI=1S/C25H27FN4O5/c1-25(23(31)32)13-33-22(34-14-25)21-29-19(15-7-9-16(26)10-8-15)20(30-21)18-11-12-27-24(28-18)35-17-5-3-2-4-6-17/h7-12,17,22H,2-6,13-14H2,1H3,(H,29,30)(H,31,32). The van der Waals surface area contributed by atoms with Gasteiger partial charge in [-0.15, -0.1) is 0 Å². The molecule has 0 unspecified atom stereocenters. The van der Waals surface area contributed by atoms with Gasteiger partial charge in [0.05, 0.1) is 30.3 Å². The number of rotatable bonds is 6. The number of nitrogens with one attached hydrogen (secondary N) is 1. The van der Waals surface area contributed by atoms with Crippen LogP contribution in [-0.4, -0.2) is 50.3 Å². The van der Waals surface area contributed by atoms with Crippen LogP contribution < -0.4 is 4.74 Å². The van der Waals surface area contributed by atoms with E-state index in [1.54, 1.807) is 31.3 Å². The first-order chi connectivity index (χ1) is 16.9. The van der Waals surface area contributed by atoms with E-state index in [4.69, 9.17) is 14.2 Å². The van der Waals surface area contributed by atoms with Gasteiger partial charge in [0.15, 0.2) is 5.82 Å². The molecule has 184 valence electrons. The van der Waals surface area contributed by atoms with Crippen molar-refractivity contribution in [2.45, 2.75) is 51.4 Å². The van der Waals surface area contributed by atoms with Gasteiger partial charge in [-0.1, -0.05) is 6.42 Å². The molecule has 2 fully saturated rings. The highest BCUT2D eigenvalue weighted by molar-refractivity contribution is 5.77. The lowest BCUT2D eigenvalue weighted by molar-refractivity contribution is -0.236. The number of hydrogen-bond donors (Lipinski definition) is 2. The summed E-state index contributed by atoms with van der Waals surface area (Å²) in [5.74, 6) is -0.988. The van der Waals surface area contributed by atoms with Crippen LogP contribution in [0, 0.1) is 11.2 Å². The van der Waals surface area contributed by atoms with Gasteiger partial charge < -0.3 is 24.3 Å². The van der Waals surface area contributed by atoms with Crippen LogP contribution in [0.2, 0.25) is 0 Å². The quantitative estimate of drug-likeness (QED) is 0.526. The number of carboxylic acid groups (broad SMARTS) is 1. The Labute approximate surface area is 201 Å². The highest BCUT2D eigenvalue weighted by Crippen LogP contribution is 2.36. The third-order valence-electron chi connectivity index (χ3n) is 6.40. The molecule has 1 aromatic carbocycles. The van der Waals surface area contributed by atoms with E-state index in [1.807, 2.05) is 0 Å². The predicted octanol–water partition coefficient (Wildman–Crippen LogP) is 4.52. The number of carbonyl (C=O) groups is 1. The monoisotopic (exact) mass is 482 g/mol. The molecule has 0 amide bonds. The van der Waals surface area contributed by atoms with Crippen LogP contribution >= 0.6 is 0 Å². The molecule has 0 atom stereocenters. The molecular formula is C25H27FN4O5. The van der Waals surface area contributed by atoms with E-state index in [2.05, 4.69) is 19.9 Å². The Hall–Kier alpha value is -3.37.